The number of aliphatic hydroxyl groups is 1. The van der Waals surface area contributed by atoms with Gasteiger partial charge in [0, 0.05) is 24.9 Å². The highest BCUT2D eigenvalue weighted by Gasteiger charge is 2.72. The van der Waals surface area contributed by atoms with Crippen LogP contribution in [0.2, 0.25) is 0 Å². The molecule has 0 aromatic heterocycles. The second-order valence-electron chi connectivity index (χ2n) is 14.0. The SMILES string of the molecule is CC(=O)O[C@@H](CC(=O)OC(C)(C)C)C(=O)OC1=CC[C@@]2(O)[C@H]3Cc4ccc(OC(=O)OC(C)(C)C)c5c4[C@@]2(CCN3C)[C@H]1O5. The minimum absolute atomic E-state index is 0.108. The van der Waals surface area contributed by atoms with Gasteiger partial charge in [-0.1, -0.05) is 6.07 Å². The van der Waals surface area contributed by atoms with Crippen molar-refractivity contribution in [2.75, 3.05) is 13.6 Å². The number of esters is 3. The van der Waals surface area contributed by atoms with E-state index >= 15 is 0 Å². The van der Waals surface area contributed by atoms with Crippen LogP contribution in [0.4, 0.5) is 4.79 Å². The van der Waals surface area contributed by atoms with E-state index in [9.17, 15) is 24.3 Å². The highest BCUT2D eigenvalue weighted by atomic mass is 16.7. The Hall–Kier alpha value is -3.64. The van der Waals surface area contributed by atoms with E-state index in [0.29, 0.717) is 24.9 Å². The van der Waals surface area contributed by atoms with Crippen LogP contribution in [0.5, 0.6) is 11.5 Å². The van der Waals surface area contributed by atoms with Crippen molar-refractivity contribution in [1.29, 1.82) is 0 Å². The van der Waals surface area contributed by atoms with Crippen molar-refractivity contribution in [2.45, 2.75) is 115 Å². The van der Waals surface area contributed by atoms with Crippen molar-refractivity contribution in [2.24, 2.45) is 0 Å². The fourth-order valence-electron chi connectivity index (χ4n) is 6.96. The van der Waals surface area contributed by atoms with Crippen molar-refractivity contribution in [3.05, 3.63) is 35.1 Å². The molecular formula is C32H41NO11. The number of hydrogen-bond acceptors (Lipinski definition) is 12. The Morgan fingerprint density at radius 2 is 1.75 bits per heavy atom. The molecule has 1 N–H and O–H groups in total. The van der Waals surface area contributed by atoms with Crippen molar-refractivity contribution in [3.63, 3.8) is 0 Å². The maximum Gasteiger partial charge on any atom is 0.514 e. The van der Waals surface area contributed by atoms with E-state index in [2.05, 4.69) is 4.90 Å². The van der Waals surface area contributed by atoms with Crippen LogP contribution in [0.15, 0.2) is 24.0 Å². The molecule has 1 aromatic carbocycles. The summed E-state index contributed by atoms with van der Waals surface area (Å²) >= 11 is 0. The van der Waals surface area contributed by atoms with Crippen LogP contribution in [-0.4, -0.2) is 82.7 Å². The number of nitrogens with zero attached hydrogens (tertiary/aromatic N) is 1. The van der Waals surface area contributed by atoms with Gasteiger partial charge in [0.05, 0.1) is 17.4 Å². The van der Waals surface area contributed by atoms with E-state index in [-0.39, 0.29) is 29.7 Å². The fraction of sp³-hybridized carbons (Fsp3) is 0.625. The van der Waals surface area contributed by atoms with E-state index < -0.39 is 64.9 Å². The predicted molar refractivity (Wildman–Crippen MR) is 154 cm³/mol. The number of rotatable bonds is 6. The van der Waals surface area contributed by atoms with Gasteiger partial charge < -0.3 is 38.4 Å². The molecule has 1 spiro atoms. The molecule has 1 aromatic rings. The van der Waals surface area contributed by atoms with E-state index in [0.717, 1.165) is 12.5 Å². The zero-order valence-electron chi connectivity index (χ0n) is 26.5. The first-order chi connectivity index (χ1) is 20.3. The molecular weight excluding hydrogens is 574 g/mol. The van der Waals surface area contributed by atoms with Gasteiger partial charge in [0.2, 0.25) is 6.10 Å². The van der Waals surface area contributed by atoms with Gasteiger partial charge in [-0.05, 0) is 85.7 Å². The van der Waals surface area contributed by atoms with Gasteiger partial charge >= 0.3 is 24.1 Å². The van der Waals surface area contributed by atoms with Gasteiger partial charge in [-0.15, -0.1) is 0 Å². The highest BCUT2D eigenvalue weighted by molar-refractivity contribution is 5.85. The molecule has 1 saturated heterocycles. The number of ether oxygens (including phenoxy) is 6. The Labute approximate surface area is 256 Å². The van der Waals surface area contributed by atoms with Crippen LogP contribution in [0, 0.1) is 0 Å². The lowest BCUT2D eigenvalue weighted by Crippen LogP contribution is -2.74. The number of benzene rings is 1. The minimum atomic E-state index is -1.57. The predicted octanol–water partition coefficient (Wildman–Crippen LogP) is 3.48. The molecule has 2 bridgehead atoms. The number of likely N-dealkylation sites (N-methyl/N-ethyl adjacent to an activating group) is 1. The third-order valence-electron chi connectivity index (χ3n) is 8.48. The zero-order valence-corrected chi connectivity index (χ0v) is 26.5. The second kappa shape index (κ2) is 10.8. The standard InChI is InChI=1S/C32H41NO11/c1-17(34)39-21(16-23(35)43-29(2,3)4)27(36)40-20-11-12-32(38)22-15-18-9-10-19(41-28(37)44-30(5,6)7)25-24(18)31(32,26(20)42-25)13-14-33(22)8/h9-11,21-22,26,38H,12-16H2,1-8H3/t21-,22+,26-,31-,32+/m0/s1. The van der Waals surface area contributed by atoms with E-state index in [4.69, 9.17) is 28.4 Å². The van der Waals surface area contributed by atoms with E-state index in [1.807, 2.05) is 13.1 Å². The molecule has 12 heteroatoms. The normalized spacial score (nSPS) is 27.6. The van der Waals surface area contributed by atoms with Crippen molar-refractivity contribution < 1.29 is 52.7 Å². The lowest BCUT2D eigenvalue weighted by atomic mass is 9.50. The summed E-state index contributed by atoms with van der Waals surface area (Å²) in [5, 5.41) is 12.4. The summed E-state index contributed by atoms with van der Waals surface area (Å²) in [6.45, 7) is 12.0. The first-order valence-corrected chi connectivity index (χ1v) is 14.8. The van der Waals surface area contributed by atoms with Gasteiger partial charge in [-0.3, -0.25) is 9.59 Å². The molecule has 2 aliphatic heterocycles. The van der Waals surface area contributed by atoms with Gasteiger partial charge in [0.25, 0.3) is 0 Å². The van der Waals surface area contributed by atoms with Gasteiger partial charge in [-0.2, -0.15) is 0 Å². The topological polar surface area (TPSA) is 147 Å². The molecule has 4 aliphatic rings. The van der Waals surface area contributed by atoms with E-state index in [1.54, 1.807) is 53.7 Å². The third kappa shape index (κ3) is 5.53. The monoisotopic (exact) mass is 615 g/mol. The van der Waals surface area contributed by atoms with E-state index in [1.165, 1.54) is 0 Å². The molecule has 0 radical (unpaired) electrons. The first kappa shape index (κ1) is 31.8. The average molecular weight is 616 g/mol. The van der Waals surface area contributed by atoms with Crippen LogP contribution in [-0.2, 0) is 45.2 Å². The Bertz CT molecular complexity index is 1420. The van der Waals surface area contributed by atoms with Crippen LogP contribution >= 0.6 is 0 Å². The van der Waals surface area contributed by atoms with Crippen molar-refractivity contribution >= 4 is 24.1 Å². The van der Waals surface area contributed by atoms with Crippen molar-refractivity contribution in [3.8, 4) is 11.5 Å². The third-order valence-corrected chi connectivity index (χ3v) is 8.48. The Kier molecular flexibility index (Phi) is 7.77. The molecule has 0 saturated carbocycles. The number of piperidine rings is 1. The number of carbonyl (C=O) groups is 4. The molecule has 240 valence electrons. The zero-order chi connectivity index (χ0) is 32.4. The fourth-order valence-corrected chi connectivity index (χ4v) is 6.96. The maximum atomic E-state index is 13.5. The first-order valence-electron chi connectivity index (χ1n) is 14.8. The van der Waals surface area contributed by atoms with Gasteiger partial charge in [-0.25, -0.2) is 9.59 Å². The molecule has 44 heavy (non-hydrogen) atoms. The second-order valence-corrected chi connectivity index (χ2v) is 14.0. The van der Waals surface area contributed by atoms with Gasteiger partial charge in [0.15, 0.2) is 17.6 Å². The Morgan fingerprint density at radius 1 is 1.07 bits per heavy atom. The average Bonchev–Trinajstić information content (AvgIpc) is 3.22. The summed E-state index contributed by atoms with van der Waals surface area (Å²) in [7, 11) is 1.96. The lowest BCUT2D eigenvalue weighted by Gasteiger charge is -2.61. The Balaban J connectivity index is 1.50. The smallest absolute Gasteiger partial charge is 0.477 e. The van der Waals surface area contributed by atoms with Crippen LogP contribution in [0.3, 0.4) is 0 Å². The number of carbonyl (C=O) groups excluding carboxylic acids is 4. The number of hydrogen-bond donors (Lipinski definition) is 1. The van der Waals surface area contributed by atoms with Gasteiger partial charge in [0.1, 0.15) is 17.0 Å². The molecule has 0 unspecified atom stereocenters. The lowest BCUT2D eigenvalue weighted by molar-refractivity contribution is -0.178. The number of likely N-dealkylation sites (tertiary alicyclic amines) is 1. The summed E-state index contributed by atoms with van der Waals surface area (Å²) in [6.07, 6.45) is -1.26. The largest absolute Gasteiger partial charge is 0.514 e. The summed E-state index contributed by atoms with van der Waals surface area (Å²) in [6, 6.07) is 3.24. The summed E-state index contributed by atoms with van der Waals surface area (Å²) < 4.78 is 33.8. The summed E-state index contributed by atoms with van der Waals surface area (Å²) in [4.78, 5) is 52.6. The molecule has 2 aliphatic carbocycles. The Morgan fingerprint density at radius 3 is 2.39 bits per heavy atom. The van der Waals surface area contributed by atoms with Crippen LogP contribution < -0.4 is 9.47 Å². The summed E-state index contributed by atoms with van der Waals surface area (Å²) in [5.74, 6) is -2.00. The molecule has 0 amide bonds. The molecule has 5 atom stereocenters. The maximum absolute atomic E-state index is 13.5. The summed E-state index contributed by atoms with van der Waals surface area (Å²) in [5.41, 5.74) is -2.30. The minimum Gasteiger partial charge on any atom is -0.477 e. The quantitative estimate of drug-likeness (QED) is 0.284. The molecule has 5 rings (SSSR count). The molecule has 1 fully saturated rings. The molecule has 2 heterocycles. The highest BCUT2D eigenvalue weighted by Crippen LogP contribution is 2.65. The van der Waals surface area contributed by atoms with Crippen molar-refractivity contribution in [1.82, 2.24) is 4.90 Å². The van der Waals surface area contributed by atoms with Crippen LogP contribution in [0.25, 0.3) is 0 Å². The molecule has 12 nitrogen and oxygen atoms in total. The van der Waals surface area contributed by atoms with Crippen LogP contribution in [0.1, 0.15) is 78.9 Å².